The number of likely N-dealkylation sites (tertiary alicyclic amines) is 1. The SMILES string of the molecule is COc1cccc(-c2cc(C)nc(C3CCCN(C(=O)C4CCCC4)C3)c2)c1. The number of nitrogens with zero attached hydrogens (tertiary/aromatic N) is 2. The molecule has 0 N–H and O–H groups in total. The van der Waals surface area contributed by atoms with E-state index >= 15 is 0 Å². The molecule has 0 bridgehead atoms. The van der Waals surface area contributed by atoms with Crippen molar-refractivity contribution in [1.82, 2.24) is 9.88 Å². The van der Waals surface area contributed by atoms with Crippen LogP contribution in [0.5, 0.6) is 5.75 Å². The molecule has 2 aliphatic rings. The van der Waals surface area contributed by atoms with Gasteiger partial charge in [0.1, 0.15) is 5.75 Å². The average molecular weight is 379 g/mol. The smallest absolute Gasteiger partial charge is 0.225 e. The molecule has 1 unspecified atom stereocenters. The predicted molar refractivity (Wildman–Crippen MR) is 111 cm³/mol. The van der Waals surface area contributed by atoms with Crippen LogP contribution in [0.2, 0.25) is 0 Å². The van der Waals surface area contributed by atoms with Gasteiger partial charge < -0.3 is 9.64 Å². The Bertz CT molecular complexity index is 842. The van der Waals surface area contributed by atoms with E-state index in [2.05, 4.69) is 36.1 Å². The molecule has 1 saturated heterocycles. The van der Waals surface area contributed by atoms with Crippen LogP contribution >= 0.6 is 0 Å². The van der Waals surface area contributed by atoms with Gasteiger partial charge in [-0.2, -0.15) is 0 Å². The zero-order valence-corrected chi connectivity index (χ0v) is 17.0. The first-order chi connectivity index (χ1) is 13.6. The van der Waals surface area contributed by atoms with Gasteiger partial charge in [0, 0.05) is 36.3 Å². The van der Waals surface area contributed by atoms with Crippen LogP contribution in [0.4, 0.5) is 0 Å². The van der Waals surface area contributed by atoms with Crippen LogP contribution in [0.3, 0.4) is 0 Å². The summed E-state index contributed by atoms with van der Waals surface area (Å²) in [6, 6.07) is 12.5. The van der Waals surface area contributed by atoms with Crippen molar-refractivity contribution in [2.75, 3.05) is 20.2 Å². The summed E-state index contributed by atoms with van der Waals surface area (Å²) in [5.74, 6) is 1.82. The fourth-order valence-corrected chi connectivity index (χ4v) is 4.72. The zero-order valence-electron chi connectivity index (χ0n) is 17.0. The van der Waals surface area contributed by atoms with Crippen LogP contribution in [0.25, 0.3) is 11.1 Å². The van der Waals surface area contributed by atoms with Crippen LogP contribution in [0, 0.1) is 12.8 Å². The molecule has 1 aromatic carbocycles. The van der Waals surface area contributed by atoms with E-state index in [-0.39, 0.29) is 5.92 Å². The second kappa shape index (κ2) is 8.34. The second-order valence-electron chi connectivity index (χ2n) is 8.26. The zero-order chi connectivity index (χ0) is 19.5. The molecule has 148 valence electrons. The van der Waals surface area contributed by atoms with Crippen molar-refractivity contribution in [1.29, 1.82) is 0 Å². The third kappa shape index (κ3) is 4.06. The molecule has 4 heteroatoms. The predicted octanol–water partition coefficient (Wildman–Crippen LogP) is 4.96. The molecule has 2 fully saturated rings. The summed E-state index contributed by atoms with van der Waals surface area (Å²) < 4.78 is 5.38. The Balaban J connectivity index is 1.56. The maximum Gasteiger partial charge on any atom is 0.225 e. The second-order valence-corrected chi connectivity index (χ2v) is 8.26. The molecule has 2 aromatic rings. The minimum Gasteiger partial charge on any atom is -0.497 e. The number of benzene rings is 1. The van der Waals surface area contributed by atoms with E-state index in [0.29, 0.717) is 11.8 Å². The number of aryl methyl sites for hydroxylation is 1. The molecule has 1 aliphatic heterocycles. The average Bonchev–Trinajstić information content (AvgIpc) is 3.28. The molecular weight excluding hydrogens is 348 g/mol. The highest BCUT2D eigenvalue weighted by atomic mass is 16.5. The van der Waals surface area contributed by atoms with Crippen molar-refractivity contribution < 1.29 is 9.53 Å². The first-order valence-corrected chi connectivity index (χ1v) is 10.6. The number of pyridine rings is 1. The van der Waals surface area contributed by atoms with Crippen molar-refractivity contribution in [2.45, 2.75) is 51.4 Å². The number of hydrogen-bond acceptors (Lipinski definition) is 3. The number of carbonyl (C=O) groups excluding carboxylic acids is 1. The highest BCUT2D eigenvalue weighted by Crippen LogP contribution is 2.33. The van der Waals surface area contributed by atoms with Gasteiger partial charge in [-0.15, -0.1) is 0 Å². The topological polar surface area (TPSA) is 42.4 Å². The lowest BCUT2D eigenvalue weighted by molar-refractivity contribution is -0.136. The fourth-order valence-electron chi connectivity index (χ4n) is 4.72. The van der Waals surface area contributed by atoms with Crippen molar-refractivity contribution in [2.24, 2.45) is 5.92 Å². The van der Waals surface area contributed by atoms with Gasteiger partial charge in [0.05, 0.1) is 7.11 Å². The minimum absolute atomic E-state index is 0.261. The minimum atomic E-state index is 0.261. The highest BCUT2D eigenvalue weighted by molar-refractivity contribution is 5.79. The van der Waals surface area contributed by atoms with Crippen molar-refractivity contribution in [3.8, 4) is 16.9 Å². The quantitative estimate of drug-likeness (QED) is 0.755. The Morgan fingerprint density at radius 3 is 2.68 bits per heavy atom. The third-order valence-corrected chi connectivity index (χ3v) is 6.23. The van der Waals surface area contributed by atoms with Gasteiger partial charge in [-0.05, 0) is 68.0 Å². The molecule has 1 aromatic heterocycles. The lowest BCUT2D eigenvalue weighted by Gasteiger charge is -2.34. The van der Waals surface area contributed by atoms with E-state index in [1.54, 1.807) is 7.11 Å². The molecule has 0 spiro atoms. The van der Waals surface area contributed by atoms with Gasteiger partial charge >= 0.3 is 0 Å². The van der Waals surface area contributed by atoms with Gasteiger partial charge in [0.15, 0.2) is 0 Å². The highest BCUT2D eigenvalue weighted by Gasteiger charge is 2.31. The first kappa shape index (κ1) is 19.0. The summed E-state index contributed by atoms with van der Waals surface area (Å²) in [6.45, 7) is 3.77. The number of amides is 1. The lowest BCUT2D eigenvalue weighted by atomic mass is 9.91. The number of rotatable bonds is 4. The van der Waals surface area contributed by atoms with E-state index in [1.807, 2.05) is 12.1 Å². The normalized spacial score (nSPS) is 20.4. The van der Waals surface area contributed by atoms with E-state index < -0.39 is 0 Å². The standard InChI is InChI=1S/C24H30N2O2/c1-17-13-21(19-9-5-11-22(14-19)28-2)15-23(25-17)20-10-6-12-26(16-20)24(27)18-7-3-4-8-18/h5,9,11,13-15,18,20H,3-4,6-8,10,12,16H2,1-2H3. The Morgan fingerprint density at radius 1 is 1.07 bits per heavy atom. The number of aromatic nitrogens is 1. The largest absolute Gasteiger partial charge is 0.497 e. The van der Waals surface area contributed by atoms with Crippen LogP contribution in [0.15, 0.2) is 36.4 Å². The summed E-state index contributed by atoms with van der Waals surface area (Å²) in [5, 5.41) is 0. The first-order valence-electron chi connectivity index (χ1n) is 10.6. The van der Waals surface area contributed by atoms with Crippen LogP contribution in [-0.2, 0) is 4.79 Å². The molecule has 1 amide bonds. The van der Waals surface area contributed by atoms with Crippen molar-refractivity contribution >= 4 is 5.91 Å². The van der Waals surface area contributed by atoms with Crippen LogP contribution in [0.1, 0.15) is 55.8 Å². The molecule has 1 atom stereocenters. The van der Waals surface area contributed by atoms with Gasteiger partial charge in [-0.25, -0.2) is 0 Å². The number of piperidine rings is 1. The Kier molecular flexibility index (Phi) is 5.65. The van der Waals surface area contributed by atoms with Gasteiger partial charge in [-0.3, -0.25) is 9.78 Å². The molecule has 4 rings (SSSR count). The van der Waals surface area contributed by atoms with E-state index in [4.69, 9.17) is 9.72 Å². The van der Waals surface area contributed by atoms with E-state index in [9.17, 15) is 4.79 Å². The molecule has 1 saturated carbocycles. The summed E-state index contributed by atoms with van der Waals surface area (Å²) in [7, 11) is 1.69. The Morgan fingerprint density at radius 2 is 1.89 bits per heavy atom. The number of hydrogen-bond donors (Lipinski definition) is 0. The van der Waals surface area contributed by atoms with Crippen LogP contribution in [-0.4, -0.2) is 36.0 Å². The monoisotopic (exact) mass is 378 g/mol. The summed E-state index contributed by atoms with van der Waals surface area (Å²) >= 11 is 0. The van der Waals surface area contributed by atoms with Crippen LogP contribution < -0.4 is 4.74 Å². The number of carbonyl (C=O) groups is 1. The van der Waals surface area contributed by atoms with E-state index in [0.717, 1.165) is 61.5 Å². The molecule has 4 nitrogen and oxygen atoms in total. The van der Waals surface area contributed by atoms with Gasteiger partial charge in [-0.1, -0.05) is 25.0 Å². The third-order valence-electron chi connectivity index (χ3n) is 6.23. The number of methoxy groups -OCH3 is 1. The molecule has 1 aliphatic carbocycles. The maximum absolute atomic E-state index is 12.9. The Hall–Kier alpha value is -2.36. The molecule has 0 radical (unpaired) electrons. The maximum atomic E-state index is 12.9. The van der Waals surface area contributed by atoms with Crippen molar-refractivity contribution in [3.63, 3.8) is 0 Å². The molecule has 2 heterocycles. The van der Waals surface area contributed by atoms with E-state index in [1.165, 1.54) is 18.4 Å². The Labute approximate surface area is 167 Å². The summed E-state index contributed by atoms with van der Waals surface area (Å²) in [6.07, 6.45) is 6.72. The summed E-state index contributed by atoms with van der Waals surface area (Å²) in [5.41, 5.74) is 4.44. The number of ether oxygens (including phenoxy) is 1. The van der Waals surface area contributed by atoms with Gasteiger partial charge in [0.2, 0.25) is 5.91 Å². The van der Waals surface area contributed by atoms with Gasteiger partial charge in [0.25, 0.3) is 0 Å². The summed E-state index contributed by atoms with van der Waals surface area (Å²) in [4.78, 5) is 19.9. The fraction of sp³-hybridized carbons (Fsp3) is 0.500. The van der Waals surface area contributed by atoms with Crippen molar-refractivity contribution in [3.05, 3.63) is 47.8 Å². The lowest BCUT2D eigenvalue weighted by Crippen LogP contribution is -2.42. The molecule has 28 heavy (non-hydrogen) atoms. The molecular formula is C24H30N2O2.